The van der Waals surface area contributed by atoms with Gasteiger partial charge in [0.25, 0.3) is 0 Å². The van der Waals surface area contributed by atoms with Gasteiger partial charge in [-0.1, -0.05) is 25.5 Å². The largest absolute Gasteiger partial charge is 0.387 e. The molecule has 4 heteroatoms. The second-order valence-electron chi connectivity index (χ2n) is 5.06. The molecule has 0 aliphatic heterocycles. The van der Waals surface area contributed by atoms with E-state index in [-0.39, 0.29) is 11.9 Å². The fourth-order valence-corrected chi connectivity index (χ4v) is 1.91. The van der Waals surface area contributed by atoms with Crippen LogP contribution in [0, 0.1) is 5.82 Å². The predicted octanol–water partition coefficient (Wildman–Crippen LogP) is 3.04. The van der Waals surface area contributed by atoms with Crippen LogP contribution in [0.15, 0.2) is 24.3 Å². The standard InChI is InChI=1S/C16H26FNO2/c1-3-4-11-20-12-5-10-18-13(2)16(19)14-6-8-15(17)9-7-14/h6-9,13,16,18-19H,3-5,10-12H2,1-2H3. The summed E-state index contributed by atoms with van der Waals surface area (Å²) < 4.78 is 18.3. The first-order valence-corrected chi connectivity index (χ1v) is 7.39. The maximum absolute atomic E-state index is 12.8. The minimum atomic E-state index is -0.628. The van der Waals surface area contributed by atoms with E-state index in [1.807, 2.05) is 6.92 Å². The van der Waals surface area contributed by atoms with Crippen LogP contribution in [-0.2, 0) is 4.74 Å². The van der Waals surface area contributed by atoms with E-state index in [1.54, 1.807) is 12.1 Å². The second kappa shape index (κ2) is 9.86. The van der Waals surface area contributed by atoms with Gasteiger partial charge in [-0.15, -0.1) is 0 Å². The van der Waals surface area contributed by atoms with E-state index >= 15 is 0 Å². The molecule has 0 saturated carbocycles. The summed E-state index contributed by atoms with van der Waals surface area (Å²) in [6.45, 7) is 6.43. The molecule has 1 rings (SSSR count). The lowest BCUT2D eigenvalue weighted by atomic mass is 10.0. The molecule has 0 heterocycles. The van der Waals surface area contributed by atoms with Gasteiger partial charge in [-0.3, -0.25) is 0 Å². The molecule has 2 N–H and O–H groups in total. The first kappa shape index (κ1) is 17.1. The molecule has 0 aromatic heterocycles. The van der Waals surface area contributed by atoms with Crippen molar-refractivity contribution in [3.05, 3.63) is 35.6 Å². The zero-order valence-corrected chi connectivity index (χ0v) is 12.4. The van der Waals surface area contributed by atoms with Crippen molar-refractivity contribution in [2.75, 3.05) is 19.8 Å². The molecule has 0 amide bonds. The number of hydrogen-bond donors (Lipinski definition) is 2. The number of aliphatic hydroxyl groups is 1. The van der Waals surface area contributed by atoms with Gasteiger partial charge in [0.2, 0.25) is 0 Å². The van der Waals surface area contributed by atoms with Crippen molar-refractivity contribution in [1.29, 1.82) is 0 Å². The van der Waals surface area contributed by atoms with Crippen LogP contribution in [0.3, 0.4) is 0 Å². The van der Waals surface area contributed by atoms with E-state index in [0.717, 1.165) is 44.6 Å². The van der Waals surface area contributed by atoms with Crippen LogP contribution in [0.4, 0.5) is 4.39 Å². The molecule has 0 aliphatic carbocycles. The molecule has 0 bridgehead atoms. The van der Waals surface area contributed by atoms with E-state index in [4.69, 9.17) is 4.74 Å². The second-order valence-corrected chi connectivity index (χ2v) is 5.06. The Labute approximate surface area is 121 Å². The minimum Gasteiger partial charge on any atom is -0.387 e. The fourth-order valence-electron chi connectivity index (χ4n) is 1.91. The van der Waals surface area contributed by atoms with Crippen molar-refractivity contribution >= 4 is 0 Å². The summed E-state index contributed by atoms with van der Waals surface area (Å²) >= 11 is 0. The topological polar surface area (TPSA) is 41.5 Å². The van der Waals surface area contributed by atoms with Crippen LogP contribution >= 0.6 is 0 Å². The third kappa shape index (κ3) is 6.46. The highest BCUT2D eigenvalue weighted by Gasteiger charge is 2.15. The van der Waals surface area contributed by atoms with Gasteiger partial charge < -0.3 is 15.2 Å². The molecule has 2 atom stereocenters. The van der Waals surface area contributed by atoms with Crippen LogP contribution in [0.25, 0.3) is 0 Å². The third-order valence-electron chi connectivity index (χ3n) is 3.26. The zero-order chi connectivity index (χ0) is 14.8. The summed E-state index contributed by atoms with van der Waals surface area (Å²) in [6.07, 6.45) is 2.55. The van der Waals surface area contributed by atoms with Crippen LogP contribution in [0.5, 0.6) is 0 Å². The fraction of sp³-hybridized carbons (Fsp3) is 0.625. The summed E-state index contributed by atoms with van der Waals surface area (Å²) in [5, 5.41) is 13.4. The lowest BCUT2D eigenvalue weighted by Crippen LogP contribution is -2.33. The van der Waals surface area contributed by atoms with E-state index < -0.39 is 6.10 Å². The van der Waals surface area contributed by atoms with E-state index in [0.29, 0.717) is 0 Å². The van der Waals surface area contributed by atoms with Gasteiger partial charge in [0, 0.05) is 19.3 Å². The number of halogens is 1. The van der Waals surface area contributed by atoms with Crippen LogP contribution in [0.1, 0.15) is 44.8 Å². The number of rotatable bonds is 10. The Bertz CT molecular complexity index is 356. The molecular weight excluding hydrogens is 257 g/mol. The Hall–Kier alpha value is -0.970. The van der Waals surface area contributed by atoms with E-state index in [9.17, 15) is 9.50 Å². The lowest BCUT2D eigenvalue weighted by molar-refractivity contribution is 0.118. The maximum atomic E-state index is 12.8. The van der Waals surface area contributed by atoms with Crippen molar-refractivity contribution in [2.24, 2.45) is 0 Å². The summed E-state index contributed by atoms with van der Waals surface area (Å²) in [4.78, 5) is 0. The highest BCUT2D eigenvalue weighted by Crippen LogP contribution is 2.16. The number of benzene rings is 1. The van der Waals surface area contributed by atoms with E-state index in [2.05, 4.69) is 12.2 Å². The Morgan fingerprint density at radius 3 is 2.50 bits per heavy atom. The Kier molecular flexibility index (Phi) is 8.42. The van der Waals surface area contributed by atoms with Crippen molar-refractivity contribution in [2.45, 2.75) is 45.3 Å². The highest BCUT2D eigenvalue weighted by molar-refractivity contribution is 5.19. The normalized spacial score (nSPS) is 14.2. The van der Waals surface area contributed by atoms with Gasteiger partial charge >= 0.3 is 0 Å². The number of aliphatic hydroxyl groups excluding tert-OH is 1. The van der Waals surface area contributed by atoms with Crippen LogP contribution in [0.2, 0.25) is 0 Å². The van der Waals surface area contributed by atoms with Crippen LogP contribution in [-0.4, -0.2) is 30.9 Å². The number of ether oxygens (including phenoxy) is 1. The molecule has 0 radical (unpaired) electrons. The molecule has 1 aromatic carbocycles. The van der Waals surface area contributed by atoms with Crippen molar-refractivity contribution < 1.29 is 14.2 Å². The van der Waals surface area contributed by atoms with Crippen molar-refractivity contribution in [1.82, 2.24) is 5.32 Å². The van der Waals surface area contributed by atoms with Gasteiger partial charge in [-0.05, 0) is 44.0 Å². The number of hydrogen-bond acceptors (Lipinski definition) is 3. The quantitative estimate of drug-likeness (QED) is 0.649. The summed E-state index contributed by atoms with van der Waals surface area (Å²) in [6, 6.07) is 5.90. The van der Waals surface area contributed by atoms with Gasteiger partial charge in [0.15, 0.2) is 0 Å². The third-order valence-corrected chi connectivity index (χ3v) is 3.26. The van der Waals surface area contributed by atoms with Crippen molar-refractivity contribution in [3.63, 3.8) is 0 Å². The minimum absolute atomic E-state index is 0.0731. The molecule has 3 nitrogen and oxygen atoms in total. The summed E-state index contributed by atoms with van der Waals surface area (Å²) in [7, 11) is 0. The molecule has 0 spiro atoms. The predicted molar refractivity (Wildman–Crippen MR) is 79.2 cm³/mol. The molecule has 0 fully saturated rings. The maximum Gasteiger partial charge on any atom is 0.123 e. The molecule has 20 heavy (non-hydrogen) atoms. The number of unbranched alkanes of at least 4 members (excludes halogenated alkanes) is 1. The summed E-state index contributed by atoms with van der Waals surface area (Å²) in [5.41, 5.74) is 0.727. The lowest BCUT2D eigenvalue weighted by Gasteiger charge is -2.20. The Balaban J connectivity index is 2.18. The van der Waals surface area contributed by atoms with Gasteiger partial charge in [0.05, 0.1) is 6.10 Å². The molecule has 0 aliphatic rings. The molecule has 114 valence electrons. The summed E-state index contributed by atoms with van der Waals surface area (Å²) in [5.74, 6) is -0.286. The van der Waals surface area contributed by atoms with E-state index in [1.165, 1.54) is 12.1 Å². The smallest absolute Gasteiger partial charge is 0.123 e. The Morgan fingerprint density at radius 2 is 1.85 bits per heavy atom. The van der Waals surface area contributed by atoms with Gasteiger partial charge in [0.1, 0.15) is 5.82 Å². The average Bonchev–Trinajstić information content (AvgIpc) is 2.46. The van der Waals surface area contributed by atoms with Gasteiger partial charge in [-0.25, -0.2) is 4.39 Å². The monoisotopic (exact) mass is 283 g/mol. The highest BCUT2D eigenvalue weighted by atomic mass is 19.1. The molecular formula is C16H26FNO2. The van der Waals surface area contributed by atoms with Crippen molar-refractivity contribution in [3.8, 4) is 0 Å². The average molecular weight is 283 g/mol. The Morgan fingerprint density at radius 1 is 1.20 bits per heavy atom. The van der Waals surface area contributed by atoms with Gasteiger partial charge in [-0.2, -0.15) is 0 Å². The molecule has 2 unspecified atom stereocenters. The molecule has 1 aromatic rings. The van der Waals surface area contributed by atoms with Crippen LogP contribution < -0.4 is 5.32 Å². The molecule has 0 saturated heterocycles. The first-order chi connectivity index (χ1) is 9.65. The number of nitrogens with one attached hydrogen (secondary N) is 1. The first-order valence-electron chi connectivity index (χ1n) is 7.39. The SMILES string of the molecule is CCCCOCCCNC(C)C(O)c1ccc(F)cc1. The zero-order valence-electron chi connectivity index (χ0n) is 12.4.